The van der Waals surface area contributed by atoms with Crippen molar-refractivity contribution >= 4 is 17.5 Å². The molecule has 2 amide bonds. The molecule has 132 valence electrons. The van der Waals surface area contributed by atoms with E-state index in [-0.39, 0.29) is 17.9 Å². The Morgan fingerprint density at radius 2 is 1.48 bits per heavy atom. The van der Waals surface area contributed by atoms with Gasteiger partial charge >= 0.3 is 0 Å². The maximum atomic E-state index is 12.7. The second-order valence-electron chi connectivity index (χ2n) is 6.86. The SMILES string of the molecule is Cc1cccc(C(C)C)c1NC(=O)c1cccc(C(=O)NC(C)C)c1. The summed E-state index contributed by atoms with van der Waals surface area (Å²) in [6.07, 6.45) is 0. The molecule has 4 heteroatoms. The fourth-order valence-corrected chi connectivity index (χ4v) is 2.68. The van der Waals surface area contributed by atoms with Crippen LogP contribution in [0.3, 0.4) is 0 Å². The van der Waals surface area contributed by atoms with Crippen LogP contribution in [0.5, 0.6) is 0 Å². The van der Waals surface area contributed by atoms with Crippen LogP contribution < -0.4 is 10.6 Å². The lowest BCUT2D eigenvalue weighted by Crippen LogP contribution is -2.30. The molecule has 25 heavy (non-hydrogen) atoms. The molecule has 0 atom stereocenters. The molecule has 0 aliphatic rings. The summed E-state index contributed by atoms with van der Waals surface area (Å²) >= 11 is 0. The summed E-state index contributed by atoms with van der Waals surface area (Å²) in [4.78, 5) is 24.8. The first-order chi connectivity index (χ1) is 11.8. The zero-order valence-corrected chi connectivity index (χ0v) is 15.5. The summed E-state index contributed by atoms with van der Waals surface area (Å²) < 4.78 is 0. The molecular weight excluding hydrogens is 312 g/mol. The van der Waals surface area contributed by atoms with Crippen LogP contribution in [0.2, 0.25) is 0 Å². The minimum Gasteiger partial charge on any atom is -0.350 e. The van der Waals surface area contributed by atoms with Crippen LogP contribution in [0.1, 0.15) is 65.5 Å². The third-order valence-corrected chi connectivity index (χ3v) is 3.97. The van der Waals surface area contributed by atoms with Crippen LogP contribution in [0, 0.1) is 6.92 Å². The Labute approximate surface area is 149 Å². The van der Waals surface area contributed by atoms with E-state index in [9.17, 15) is 9.59 Å². The first-order valence-electron chi connectivity index (χ1n) is 8.61. The fourth-order valence-electron chi connectivity index (χ4n) is 2.68. The van der Waals surface area contributed by atoms with Gasteiger partial charge in [0.05, 0.1) is 0 Å². The molecule has 0 aromatic heterocycles. The summed E-state index contributed by atoms with van der Waals surface area (Å²) in [5.74, 6) is -0.0860. The van der Waals surface area contributed by atoms with Gasteiger partial charge < -0.3 is 10.6 Å². The normalized spacial score (nSPS) is 10.8. The molecule has 2 rings (SSSR count). The number of carbonyl (C=O) groups is 2. The van der Waals surface area contributed by atoms with E-state index in [1.54, 1.807) is 24.3 Å². The predicted octanol–water partition coefficient (Wildman–Crippen LogP) is 4.51. The first kappa shape index (κ1) is 18.7. The van der Waals surface area contributed by atoms with E-state index in [0.29, 0.717) is 17.0 Å². The van der Waals surface area contributed by atoms with Crippen molar-refractivity contribution in [1.82, 2.24) is 5.32 Å². The first-order valence-corrected chi connectivity index (χ1v) is 8.61. The summed E-state index contributed by atoms with van der Waals surface area (Å²) in [5.41, 5.74) is 3.92. The van der Waals surface area contributed by atoms with Crippen molar-refractivity contribution in [2.24, 2.45) is 0 Å². The maximum absolute atomic E-state index is 12.7. The largest absolute Gasteiger partial charge is 0.350 e. The van der Waals surface area contributed by atoms with Crippen LogP contribution in [-0.2, 0) is 0 Å². The highest BCUT2D eigenvalue weighted by Crippen LogP contribution is 2.27. The number of hydrogen-bond acceptors (Lipinski definition) is 2. The average Bonchev–Trinajstić information content (AvgIpc) is 2.55. The Morgan fingerprint density at radius 3 is 2.08 bits per heavy atom. The lowest BCUT2D eigenvalue weighted by molar-refractivity contribution is 0.0943. The zero-order valence-electron chi connectivity index (χ0n) is 15.5. The number of amides is 2. The molecule has 2 aromatic rings. The van der Waals surface area contributed by atoms with Gasteiger partial charge in [-0.1, -0.05) is 38.1 Å². The van der Waals surface area contributed by atoms with Crippen molar-refractivity contribution in [3.63, 3.8) is 0 Å². The Hall–Kier alpha value is -2.62. The van der Waals surface area contributed by atoms with E-state index in [0.717, 1.165) is 16.8 Å². The highest BCUT2D eigenvalue weighted by molar-refractivity contribution is 6.06. The second-order valence-corrected chi connectivity index (χ2v) is 6.86. The van der Waals surface area contributed by atoms with Gasteiger partial charge in [0, 0.05) is 22.9 Å². The molecule has 0 spiro atoms. The van der Waals surface area contributed by atoms with Crippen molar-refractivity contribution in [3.8, 4) is 0 Å². The van der Waals surface area contributed by atoms with E-state index in [1.165, 1.54) is 0 Å². The number of carbonyl (C=O) groups excluding carboxylic acids is 2. The van der Waals surface area contributed by atoms with Gasteiger partial charge in [-0.15, -0.1) is 0 Å². The lowest BCUT2D eigenvalue weighted by Gasteiger charge is -2.16. The predicted molar refractivity (Wildman–Crippen MR) is 102 cm³/mol. The van der Waals surface area contributed by atoms with Gasteiger partial charge in [-0.3, -0.25) is 9.59 Å². The minimum absolute atomic E-state index is 0.0468. The lowest BCUT2D eigenvalue weighted by atomic mass is 9.98. The number of anilines is 1. The van der Waals surface area contributed by atoms with E-state index >= 15 is 0 Å². The van der Waals surface area contributed by atoms with Crippen LogP contribution in [-0.4, -0.2) is 17.9 Å². The molecule has 0 fully saturated rings. The molecule has 0 unspecified atom stereocenters. The van der Waals surface area contributed by atoms with Gasteiger partial charge in [0.1, 0.15) is 0 Å². The Bertz CT molecular complexity index is 779. The molecule has 0 radical (unpaired) electrons. The van der Waals surface area contributed by atoms with Gasteiger partial charge in [0.25, 0.3) is 11.8 Å². The zero-order chi connectivity index (χ0) is 18.6. The monoisotopic (exact) mass is 338 g/mol. The van der Waals surface area contributed by atoms with Gasteiger partial charge in [0.2, 0.25) is 0 Å². The topological polar surface area (TPSA) is 58.2 Å². The number of aryl methyl sites for hydroxylation is 1. The van der Waals surface area contributed by atoms with Crippen molar-refractivity contribution in [2.75, 3.05) is 5.32 Å². The van der Waals surface area contributed by atoms with Gasteiger partial charge in [-0.05, 0) is 56.0 Å². The fraction of sp³-hybridized carbons (Fsp3) is 0.333. The minimum atomic E-state index is -0.213. The van der Waals surface area contributed by atoms with Gasteiger partial charge in [-0.25, -0.2) is 0 Å². The van der Waals surface area contributed by atoms with Gasteiger partial charge in [0.15, 0.2) is 0 Å². The molecule has 0 aliphatic carbocycles. The third kappa shape index (κ3) is 4.69. The second kappa shape index (κ2) is 7.97. The highest BCUT2D eigenvalue weighted by Gasteiger charge is 2.15. The van der Waals surface area contributed by atoms with Crippen molar-refractivity contribution < 1.29 is 9.59 Å². The summed E-state index contributed by atoms with van der Waals surface area (Å²) in [7, 11) is 0. The van der Waals surface area contributed by atoms with Crippen LogP contribution in [0.4, 0.5) is 5.69 Å². The van der Waals surface area contributed by atoms with E-state index in [1.807, 2.05) is 39.0 Å². The van der Waals surface area contributed by atoms with Crippen molar-refractivity contribution in [3.05, 3.63) is 64.7 Å². The molecule has 0 aliphatic heterocycles. The van der Waals surface area contributed by atoms with Crippen molar-refractivity contribution in [1.29, 1.82) is 0 Å². The summed E-state index contributed by atoms with van der Waals surface area (Å²) in [6.45, 7) is 9.98. The molecule has 0 saturated heterocycles. The summed E-state index contributed by atoms with van der Waals surface area (Å²) in [5, 5.41) is 5.85. The molecule has 4 nitrogen and oxygen atoms in total. The molecule has 2 aromatic carbocycles. The van der Waals surface area contributed by atoms with E-state index in [2.05, 4.69) is 24.5 Å². The number of nitrogens with one attached hydrogen (secondary N) is 2. The molecule has 2 N–H and O–H groups in total. The number of benzene rings is 2. The van der Waals surface area contributed by atoms with E-state index < -0.39 is 0 Å². The van der Waals surface area contributed by atoms with Crippen LogP contribution >= 0.6 is 0 Å². The average molecular weight is 338 g/mol. The summed E-state index contributed by atoms with van der Waals surface area (Å²) in [6, 6.07) is 12.8. The number of rotatable bonds is 5. The smallest absolute Gasteiger partial charge is 0.255 e. The third-order valence-electron chi connectivity index (χ3n) is 3.97. The quantitative estimate of drug-likeness (QED) is 0.843. The molecule has 0 saturated carbocycles. The van der Waals surface area contributed by atoms with Crippen LogP contribution in [0.25, 0.3) is 0 Å². The molecule has 0 heterocycles. The number of hydrogen-bond donors (Lipinski definition) is 2. The van der Waals surface area contributed by atoms with Gasteiger partial charge in [-0.2, -0.15) is 0 Å². The standard InChI is InChI=1S/C21H26N2O2/c1-13(2)18-11-6-8-15(5)19(18)23-21(25)17-10-7-9-16(12-17)20(24)22-14(3)4/h6-14H,1-5H3,(H,22,24)(H,23,25). The van der Waals surface area contributed by atoms with Crippen LogP contribution in [0.15, 0.2) is 42.5 Å². The Balaban J connectivity index is 2.27. The highest BCUT2D eigenvalue weighted by atomic mass is 16.2. The Kier molecular flexibility index (Phi) is 5.97. The number of para-hydroxylation sites is 1. The maximum Gasteiger partial charge on any atom is 0.255 e. The molecular formula is C21H26N2O2. The van der Waals surface area contributed by atoms with Crippen molar-refractivity contribution in [2.45, 2.75) is 46.6 Å². The Morgan fingerprint density at radius 1 is 0.880 bits per heavy atom. The molecule has 0 bridgehead atoms. The van der Waals surface area contributed by atoms with E-state index in [4.69, 9.17) is 0 Å².